The van der Waals surface area contributed by atoms with Crippen LogP contribution in [0.5, 0.6) is 0 Å². The van der Waals surface area contributed by atoms with Gasteiger partial charge in [0.1, 0.15) is 0 Å². The summed E-state index contributed by atoms with van der Waals surface area (Å²) >= 11 is 0. The van der Waals surface area contributed by atoms with Crippen LogP contribution in [0.3, 0.4) is 0 Å². The van der Waals surface area contributed by atoms with Crippen molar-refractivity contribution in [1.82, 2.24) is 0 Å². The van der Waals surface area contributed by atoms with E-state index in [1.807, 2.05) is 6.08 Å². The average molecular weight is 267 g/mol. The van der Waals surface area contributed by atoms with E-state index in [4.69, 9.17) is 5.73 Å². The number of fused-ring (bicyclic) bond motifs is 1. The first kappa shape index (κ1) is 13.5. The van der Waals surface area contributed by atoms with Crippen molar-refractivity contribution in [3.05, 3.63) is 46.2 Å². The Kier molecular flexibility index (Phi) is 3.24. The molecule has 1 nitrogen and oxygen atoms in total. The maximum Gasteiger partial charge on any atom is 0.0118 e. The summed E-state index contributed by atoms with van der Waals surface area (Å²) in [7, 11) is 0. The summed E-state index contributed by atoms with van der Waals surface area (Å²) in [4.78, 5) is 0. The Balaban J connectivity index is 2.17. The molecule has 20 heavy (non-hydrogen) atoms. The molecule has 106 valence electrons. The fourth-order valence-electron chi connectivity index (χ4n) is 3.75. The van der Waals surface area contributed by atoms with Crippen LogP contribution in [0.15, 0.2) is 18.3 Å². The van der Waals surface area contributed by atoms with E-state index in [0.717, 1.165) is 5.70 Å². The first-order valence-corrected chi connectivity index (χ1v) is 7.79. The summed E-state index contributed by atoms with van der Waals surface area (Å²) in [6.45, 7) is 10.9. The number of aryl methyl sites for hydroxylation is 1. The predicted molar refractivity (Wildman–Crippen MR) is 87.6 cm³/mol. The first-order chi connectivity index (χ1) is 9.52. The molecule has 1 saturated carbocycles. The molecule has 2 N–H and O–H groups in total. The van der Waals surface area contributed by atoms with Crippen molar-refractivity contribution in [2.24, 2.45) is 11.7 Å². The molecule has 0 radical (unpaired) electrons. The van der Waals surface area contributed by atoms with Gasteiger partial charge in [-0.25, -0.2) is 0 Å². The minimum absolute atomic E-state index is 0.622. The van der Waals surface area contributed by atoms with Gasteiger partial charge in [0, 0.05) is 5.70 Å². The molecule has 3 rings (SSSR count). The van der Waals surface area contributed by atoms with Gasteiger partial charge < -0.3 is 5.73 Å². The second-order valence-electron chi connectivity index (χ2n) is 6.68. The highest BCUT2D eigenvalue weighted by Crippen LogP contribution is 2.46. The molecule has 0 bridgehead atoms. The van der Waals surface area contributed by atoms with Crippen molar-refractivity contribution in [3.63, 3.8) is 0 Å². The Bertz CT molecular complexity index is 590. The van der Waals surface area contributed by atoms with Crippen LogP contribution in [0.1, 0.15) is 72.8 Å². The van der Waals surface area contributed by atoms with E-state index in [1.54, 1.807) is 0 Å². The Hall–Kier alpha value is -1.50. The zero-order valence-electron chi connectivity index (χ0n) is 12.9. The Morgan fingerprint density at radius 3 is 2.55 bits per heavy atom. The van der Waals surface area contributed by atoms with Crippen molar-refractivity contribution in [1.29, 1.82) is 0 Å². The quantitative estimate of drug-likeness (QED) is 0.823. The largest absolute Gasteiger partial charge is 0.402 e. The summed E-state index contributed by atoms with van der Waals surface area (Å²) in [6, 6.07) is 2.38. The Morgan fingerprint density at radius 2 is 1.95 bits per heavy atom. The standard InChI is InChI=1S/C19H25N/c1-5-15-16(10-18(20)14-6-7-14)12(3)9-17-11(2)8-13(4)19(15)17/h5,9-11,13-14H,1,6-8,20H2,2-4H3/b18-10-. The van der Waals surface area contributed by atoms with Gasteiger partial charge in [-0.05, 0) is 77.8 Å². The zero-order valence-corrected chi connectivity index (χ0v) is 12.9. The molecule has 1 aromatic carbocycles. The number of allylic oxidation sites excluding steroid dienone is 1. The number of benzene rings is 1. The molecule has 0 aromatic heterocycles. The van der Waals surface area contributed by atoms with Gasteiger partial charge in [-0.1, -0.05) is 32.6 Å². The van der Waals surface area contributed by atoms with E-state index in [2.05, 4.69) is 39.5 Å². The molecular formula is C19H25N. The minimum atomic E-state index is 0.622. The third-order valence-electron chi connectivity index (χ3n) is 4.98. The molecule has 1 fully saturated rings. The second-order valence-corrected chi connectivity index (χ2v) is 6.68. The molecule has 2 aliphatic carbocycles. The lowest BCUT2D eigenvalue weighted by Gasteiger charge is -2.16. The highest BCUT2D eigenvalue weighted by Gasteiger charge is 2.29. The summed E-state index contributed by atoms with van der Waals surface area (Å²) in [5, 5.41) is 0. The van der Waals surface area contributed by atoms with Gasteiger partial charge in [-0.3, -0.25) is 0 Å². The molecule has 0 spiro atoms. The second kappa shape index (κ2) is 4.80. The van der Waals surface area contributed by atoms with Crippen molar-refractivity contribution < 1.29 is 0 Å². The molecule has 2 aliphatic rings. The average Bonchev–Trinajstić information content (AvgIpc) is 3.20. The molecular weight excluding hydrogens is 242 g/mol. The van der Waals surface area contributed by atoms with Crippen molar-refractivity contribution in [3.8, 4) is 0 Å². The van der Waals surface area contributed by atoms with Crippen LogP contribution in [0.2, 0.25) is 0 Å². The van der Waals surface area contributed by atoms with E-state index in [0.29, 0.717) is 17.8 Å². The van der Waals surface area contributed by atoms with Gasteiger partial charge in [0.2, 0.25) is 0 Å². The summed E-state index contributed by atoms with van der Waals surface area (Å²) in [5.41, 5.74) is 14.3. The molecule has 1 aromatic rings. The van der Waals surface area contributed by atoms with Crippen LogP contribution in [-0.2, 0) is 0 Å². The molecule has 0 amide bonds. The summed E-state index contributed by atoms with van der Waals surface area (Å²) < 4.78 is 0. The maximum absolute atomic E-state index is 6.24. The lowest BCUT2D eigenvalue weighted by atomic mass is 9.88. The third-order valence-corrected chi connectivity index (χ3v) is 4.98. The van der Waals surface area contributed by atoms with E-state index < -0.39 is 0 Å². The van der Waals surface area contributed by atoms with E-state index in [9.17, 15) is 0 Å². The smallest absolute Gasteiger partial charge is 0.0118 e. The minimum Gasteiger partial charge on any atom is -0.402 e. The molecule has 2 unspecified atom stereocenters. The van der Waals surface area contributed by atoms with Gasteiger partial charge in [0.25, 0.3) is 0 Å². The van der Waals surface area contributed by atoms with Crippen molar-refractivity contribution in [2.45, 2.75) is 51.9 Å². The number of rotatable bonds is 3. The first-order valence-electron chi connectivity index (χ1n) is 7.79. The van der Waals surface area contributed by atoms with Gasteiger partial charge >= 0.3 is 0 Å². The summed E-state index contributed by atoms with van der Waals surface area (Å²) in [5.74, 6) is 1.91. The fraction of sp³-hybridized carbons (Fsp3) is 0.474. The zero-order chi connectivity index (χ0) is 14.4. The van der Waals surface area contributed by atoms with E-state index in [-0.39, 0.29) is 0 Å². The lowest BCUT2D eigenvalue weighted by molar-refractivity contribution is 0.661. The van der Waals surface area contributed by atoms with Crippen LogP contribution < -0.4 is 5.73 Å². The van der Waals surface area contributed by atoms with Crippen LogP contribution in [0.25, 0.3) is 12.2 Å². The van der Waals surface area contributed by atoms with Gasteiger partial charge in [0.15, 0.2) is 0 Å². The highest BCUT2D eigenvalue weighted by atomic mass is 14.6. The van der Waals surface area contributed by atoms with E-state index >= 15 is 0 Å². The molecule has 0 heterocycles. The SMILES string of the molecule is C=Cc1c(/C=C(\N)C2CC2)c(C)cc2c1C(C)CC2C. The topological polar surface area (TPSA) is 26.0 Å². The van der Waals surface area contributed by atoms with Crippen LogP contribution in [0, 0.1) is 12.8 Å². The molecule has 0 saturated heterocycles. The van der Waals surface area contributed by atoms with E-state index in [1.165, 1.54) is 47.1 Å². The monoisotopic (exact) mass is 267 g/mol. The molecule has 0 aliphatic heterocycles. The fourth-order valence-corrected chi connectivity index (χ4v) is 3.75. The normalized spacial score (nSPS) is 25.6. The summed E-state index contributed by atoms with van der Waals surface area (Å²) in [6.07, 6.45) is 8.00. The number of nitrogens with two attached hydrogens (primary N) is 1. The highest BCUT2D eigenvalue weighted by molar-refractivity contribution is 5.73. The Morgan fingerprint density at radius 1 is 1.25 bits per heavy atom. The molecule has 2 atom stereocenters. The van der Waals surface area contributed by atoms with Gasteiger partial charge in [0.05, 0.1) is 0 Å². The van der Waals surface area contributed by atoms with Crippen molar-refractivity contribution in [2.75, 3.05) is 0 Å². The third kappa shape index (κ3) is 2.09. The Labute approximate surface area is 122 Å². The van der Waals surface area contributed by atoms with Gasteiger partial charge in [-0.15, -0.1) is 0 Å². The number of hydrogen-bond donors (Lipinski definition) is 1. The molecule has 1 heteroatoms. The lowest BCUT2D eigenvalue weighted by Crippen LogP contribution is -2.03. The van der Waals surface area contributed by atoms with Crippen LogP contribution in [0.4, 0.5) is 0 Å². The van der Waals surface area contributed by atoms with Crippen LogP contribution in [-0.4, -0.2) is 0 Å². The maximum atomic E-state index is 6.24. The number of hydrogen-bond acceptors (Lipinski definition) is 1. The van der Waals surface area contributed by atoms with Crippen molar-refractivity contribution >= 4 is 12.2 Å². The van der Waals surface area contributed by atoms with Crippen LogP contribution >= 0.6 is 0 Å². The van der Waals surface area contributed by atoms with Gasteiger partial charge in [-0.2, -0.15) is 0 Å². The predicted octanol–water partition coefficient (Wildman–Crippen LogP) is 4.96.